The van der Waals surface area contributed by atoms with Crippen LogP contribution >= 0.6 is 12.2 Å². The van der Waals surface area contributed by atoms with E-state index in [0.29, 0.717) is 11.3 Å². The van der Waals surface area contributed by atoms with Crippen LogP contribution in [0.4, 0.5) is 0 Å². The lowest BCUT2D eigenvalue weighted by atomic mass is 10.1. The van der Waals surface area contributed by atoms with Gasteiger partial charge in [-0.15, -0.1) is 0 Å². The summed E-state index contributed by atoms with van der Waals surface area (Å²) in [7, 11) is 0. The molecule has 14 heavy (non-hydrogen) atoms. The maximum absolute atomic E-state index is 11.3. The Labute approximate surface area is 86.1 Å². The van der Waals surface area contributed by atoms with Crippen LogP contribution in [0.5, 0.6) is 0 Å². The van der Waals surface area contributed by atoms with E-state index in [1.165, 1.54) is 11.0 Å². The van der Waals surface area contributed by atoms with Crippen LogP contribution in [0.15, 0.2) is 4.79 Å². The van der Waals surface area contributed by atoms with Crippen molar-refractivity contribution < 1.29 is 4.74 Å². The molecule has 1 saturated heterocycles. The van der Waals surface area contributed by atoms with Gasteiger partial charge in [0, 0.05) is 6.61 Å². The Bertz CT molecular complexity index is 372. The van der Waals surface area contributed by atoms with Gasteiger partial charge in [-0.1, -0.05) is 0 Å². The molecule has 2 rings (SSSR count). The maximum atomic E-state index is 11.3. The van der Waals surface area contributed by atoms with Crippen LogP contribution in [-0.4, -0.2) is 27.5 Å². The highest BCUT2D eigenvalue weighted by Crippen LogP contribution is 2.13. The Balaban J connectivity index is 2.09. The Morgan fingerprint density at radius 2 is 2.36 bits per heavy atom. The van der Waals surface area contributed by atoms with E-state index < -0.39 is 0 Å². The first-order chi connectivity index (χ1) is 6.77. The number of nitrogens with one attached hydrogen (secondary N) is 2. The molecule has 5 nitrogen and oxygen atoms in total. The molecule has 1 aromatic heterocycles. The zero-order chi connectivity index (χ0) is 9.97. The molecule has 0 saturated carbocycles. The summed E-state index contributed by atoms with van der Waals surface area (Å²) in [6.07, 6.45) is 3.42. The van der Waals surface area contributed by atoms with Crippen molar-refractivity contribution >= 4 is 12.2 Å². The molecule has 2 N–H and O–H groups in total. The monoisotopic (exact) mass is 215 g/mol. The van der Waals surface area contributed by atoms with Gasteiger partial charge in [0.05, 0.1) is 12.6 Å². The van der Waals surface area contributed by atoms with E-state index in [1.54, 1.807) is 0 Å². The van der Waals surface area contributed by atoms with Crippen molar-refractivity contribution in [3.05, 3.63) is 15.3 Å². The molecule has 0 bridgehead atoms. The standard InChI is InChI=1S/C8H13N3O2S/c12-7-9-10-8(14)11(7)5-6-3-1-2-4-13-6/h6H,1-5H2,(H,9,12)(H,10,14). The predicted molar refractivity (Wildman–Crippen MR) is 53.8 cm³/mol. The third kappa shape index (κ3) is 1.96. The summed E-state index contributed by atoms with van der Waals surface area (Å²) >= 11 is 4.96. The fraction of sp³-hybridized carbons (Fsp3) is 0.750. The number of H-pyrrole nitrogens is 2. The largest absolute Gasteiger partial charge is 0.376 e. The lowest BCUT2D eigenvalue weighted by molar-refractivity contribution is 0.00522. The molecule has 0 aliphatic carbocycles. The third-order valence-electron chi connectivity index (χ3n) is 2.43. The first-order valence-electron chi connectivity index (χ1n) is 4.76. The van der Waals surface area contributed by atoms with Gasteiger partial charge < -0.3 is 4.74 Å². The summed E-state index contributed by atoms with van der Waals surface area (Å²) < 4.78 is 7.47. The summed E-state index contributed by atoms with van der Waals surface area (Å²) in [5.41, 5.74) is -0.191. The molecule has 0 radical (unpaired) electrons. The van der Waals surface area contributed by atoms with E-state index in [9.17, 15) is 4.79 Å². The minimum atomic E-state index is -0.191. The molecule has 78 valence electrons. The Morgan fingerprint density at radius 1 is 1.50 bits per heavy atom. The van der Waals surface area contributed by atoms with Crippen LogP contribution in [0.1, 0.15) is 19.3 Å². The summed E-state index contributed by atoms with van der Waals surface area (Å²) in [6, 6.07) is 0. The highest BCUT2D eigenvalue weighted by molar-refractivity contribution is 7.71. The Hall–Kier alpha value is -0.880. The smallest absolute Gasteiger partial charge is 0.342 e. The lowest BCUT2D eigenvalue weighted by Gasteiger charge is -2.22. The van der Waals surface area contributed by atoms with E-state index in [0.717, 1.165) is 19.4 Å². The van der Waals surface area contributed by atoms with Gasteiger partial charge in [0.15, 0.2) is 4.77 Å². The van der Waals surface area contributed by atoms with Crippen molar-refractivity contribution in [2.75, 3.05) is 6.61 Å². The normalized spacial score (nSPS) is 22.4. The topological polar surface area (TPSA) is 62.8 Å². The van der Waals surface area contributed by atoms with E-state index >= 15 is 0 Å². The van der Waals surface area contributed by atoms with Gasteiger partial charge in [0.2, 0.25) is 0 Å². The SMILES string of the molecule is O=c1[nH][nH]c(=S)n1CC1CCCCO1. The summed E-state index contributed by atoms with van der Waals surface area (Å²) in [5.74, 6) is 0. The minimum absolute atomic E-state index is 0.132. The Kier molecular flexibility index (Phi) is 2.83. The molecular formula is C8H13N3O2S. The van der Waals surface area contributed by atoms with Gasteiger partial charge in [-0.05, 0) is 31.5 Å². The van der Waals surface area contributed by atoms with Crippen molar-refractivity contribution in [1.29, 1.82) is 0 Å². The van der Waals surface area contributed by atoms with Gasteiger partial charge in [0.1, 0.15) is 0 Å². The maximum Gasteiger partial charge on any atom is 0.342 e. The van der Waals surface area contributed by atoms with Crippen LogP contribution in [-0.2, 0) is 11.3 Å². The molecule has 1 fully saturated rings. The molecular weight excluding hydrogens is 202 g/mol. The van der Waals surface area contributed by atoms with Crippen molar-refractivity contribution in [1.82, 2.24) is 14.8 Å². The van der Waals surface area contributed by atoms with E-state index in [2.05, 4.69) is 10.2 Å². The summed E-state index contributed by atoms with van der Waals surface area (Å²) in [5, 5.41) is 5.06. The van der Waals surface area contributed by atoms with Crippen molar-refractivity contribution in [2.24, 2.45) is 0 Å². The number of hydrogen-bond donors (Lipinski definition) is 2. The van der Waals surface area contributed by atoms with Crippen LogP contribution in [0, 0.1) is 4.77 Å². The molecule has 1 atom stereocenters. The van der Waals surface area contributed by atoms with Crippen molar-refractivity contribution in [3.63, 3.8) is 0 Å². The molecule has 1 aliphatic heterocycles. The van der Waals surface area contributed by atoms with E-state index in [1.807, 2.05) is 0 Å². The fourth-order valence-corrected chi connectivity index (χ4v) is 1.86. The first kappa shape index (κ1) is 9.67. The quantitative estimate of drug-likeness (QED) is 0.717. The third-order valence-corrected chi connectivity index (χ3v) is 2.75. The number of rotatable bonds is 2. The van der Waals surface area contributed by atoms with Gasteiger partial charge >= 0.3 is 5.69 Å². The molecule has 6 heteroatoms. The Morgan fingerprint density at radius 3 is 2.93 bits per heavy atom. The van der Waals surface area contributed by atoms with E-state index in [-0.39, 0.29) is 11.8 Å². The average molecular weight is 215 g/mol. The van der Waals surface area contributed by atoms with E-state index in [4.69, 9.17) is 17.0 Å². The first-order valence-corrected chi connectivity index (χ1v) is 5.17. The van der Waals surface area contributed by atoms with Crippen LogP contribution < -0.4 is 5.69 Å². The zero-order valence-electron chi connectivity index (χ0n) is 7.78. The van der Waals surface area contributed by atoms with Gasteiger partial charge in [-0.25, -0.2) is 9.89 Å². The molecule has 1 aromatic rings. The average Bonchev–Trinajstić information content (AvgIpc) is 2.51. The molecule has 1 aliphatic rings. The highest BCUT2D eigenvalue weighted by atomic mass is 32.1. The molecule has 1 unspecified atom stereocenters. The molecule has 0 amide bonds. The zero-order valence-corrected chi connectivity index (χ0v) is 8.60. The number of hydrogen-bond acceptors (Lipinski definition) is 3. The van der Waals surface area contributed by atoms with Gasteiger partial charge in [0.25, 0.3) is 0 Å². The summed E-state index contributed by atoms with van der Waals surface area (Å²) in [4.78, 5) is 11.3. The number of nitrogens with zero attached hydrogens (tertiary/aromatic N) is 1. The second-order valence-corrected chi connectivity index (χ2v) is 3.85. The highest BCUT2D eigenvalue weighted by Gasteiger charge is 2.15. The van der Waals surface area contributed by atoms with Crippen LogP contribution in [0.2, 0.25) is 0 Å². The lowest BCUT2D eigenvalue weighted by Crippen LogP contribution is -2.29. The summed E-state index contributed by atoms with van der Waals surface area (Å²) in [6.45, 7) is 1.35. The van der Waals surface area contributed by atoms with Gasteiger partial charge in [-0.2, -0.15) is 0 Å². The fourth-order valence-electron chi connectivity index (χ4n) is 1.65. The second kappa shape index (κ2) is 4.10. The van der Waals surface area contributed by atoms with Crippen LogP contribution in [0.3, 0.4) is 0 Å². The van der Waals surface area contributed by atoms with Crippen molar-refractivity contribution in [3.8, 4) is 0 Å². The van der Waals surface area contributed by atoms with Gasteiger partial charge in [-0.3, -0.25) is 9.67 Å². The molecule has 0 aromatic carbocycles. The van der Waals surface area contributed by atoms with Crippen molar-refractivity contribution in [2.45, 2.75) is 31.9 Å². The second-order valence-electron chi connectivity index (χ2n) is 3.46. The molecule has 2 heterocycles. The predicted octanol–water partition coefficient (Wildman–Crippen LogP) is 0.803. The number of aromatic nitrogens is 3. The molecule has 0 spiro atoms. The number of aromatic amines is 2. The van der Waals surface area contributed by atoms with Crippen LogP contribution in [0.25, 0.3) is 0 Å². The number of ether oxygens (including phenoxy) is 1. The minimum Gasteiger partial charge on any atom is -0.376 e.